The minimum atomic E-state index is 1.10. The van der Waals surface area contributed by atoms with Crippen LogP contribution in [0.1, 0.15) is 5.56 Å². The highest BCUT2D eigenvalue weighted by Crippen LogP contribution is 2.24. The van der Waals surface area contributed by atoms with Crippen molar-refractivity contribution in [2.75, 3.05) is 0 Å². The summed E-state index contributed by atoms with van der Waals surface area (Å²) in [7, 11) is 0. The Kier molecular flexibility index (Phi) is 1.75. The van der Waals surface area contributed by atoms with E-state index in [4.69, 9.17) is 0 Å². The zero-order valence-electron chi connectivity index (χ0n) is 8.40. The molecule has 0 fully saturated rings. The van der Waals surface area contributed by atoms with Gasteiger partial charge in [0.2, 0.25) is 0 Å². The third-order valence-corrected chi connectivity index (χ3v) is 2.84. The highest BCUT2D eigenvalue weighted by molar-refractivity contribution is 5.99. The molecule has 0 saturated heterocycles. The first kappa shape index (κ1) is 8.49. The van der Waals surface area contributed by atoms with Crippen molar-refractivity contribution >= 4 is 21.5 Å². The van der Waals surface area contributed by atoms with Crippen molar-refractivity contribution < 1.29 is 0 Å². The molecular formula is C15H11. The predicted molar refractivity (Wildman–Crippen MR) is 65.9 cm³/mol. The van der Waals surface area contributed by atoms with Gasteiger partial charge in [-0.05, 0) is 46.2 Å². The van der Waals surface area contributed by atoms with Crippen LogP contribution < -0.4 is 0 Å². The molecule has 3 rings (SSSR count). The standard InChI is InChI=1S/C15H11/c1-11-5-4-8-14-9-12-6-2-3-7-13(12)10-15(11)14/h2-10H,1H2. The number of hydrogen-bond donors (Lipinski definition) is 0. The molecule has 3 aromatic carbocycles. The smallest absolute Gasteiger partial charge is 0.0145 e. The Morgan fingerprint density at radius 1 is 0.667 bits per heavy atom. The van der Waals surface area contributed by atoms with Gasteiger partial charge in [0.1, 0.15) is 0 Å². The maximum Gasteiger partial charge on any atom is -0.0145 e. The van der Waals surface area contributed by atoms with Crippen LogP contribution in [0.15, 0.2) is 54.6 Å². The largest absolute Gasteiger partial charge is 0.0616 e. The summed E-state index contributed by atoms with van der Waals surface area (Å²) in [5, 5.41) is 5.08. The minimum Gasteiger partial charge on any atom is -0.0616 e. The molecule has 1 radical (unpaired) electrons. The van der Waals surface area contributed by atoms with Gasteiger partial charge in [0, 0.05) is 0 Å². The van der Waals surface area contributed by atoms with E-state index in [0.717, 1.165) is 5.56 Å². The molecule has 0 amide bonds. The van der Waals surface area contributed by atoms with Crippen molar-refractivity contribution in [3.05, 3.63) is 67.1 Å². The van der Waals surface area contributed by atoms with Crippen molar-refractivity contribution in [3.8, 4) is 0 Å². The summed E-state index contributed by atoms with van der Waals surface area (Å²) < 4.78 is 0. The second-order valence-electron chi connectivity index (χ2n) is 3.84. The molecule has 0 aliphatic carbocycles. The molecule has 0 saturated carbocycles. The zero-order chi connectivity index (χ0) is 10.3. The average Bonchev–Trinajstić information content (AvgIpc) is 2.27. The van der Waals surface area contributed by atoms with E-state index in [1.807, 2.05) is 0 Å². The van der Waals surface area contributed by atoms with Gasteiger partial charge in [-0.15, -0.1) is 0 Å². The van der Waals surface area contributed by atoms with Crippen molar-refractivity contribution in [1.82, 2.24) is 0 Å². The fourth-order valence-electron chi connectivity index (χ4n) is 2.03. The summed E-state index contributed by atoms with van der Waals surface area (Å²) in [5.41, 5.74) is 1.10. The van der Waals surface area contributed by atoms with Crippen LogP contribution in [0.4, 0.5) is 0 Å². The van der Waals surface area contributed by atoms with Crippen molar-refractivity contribution in [2.24, 2.45) is 0 Å². The molecule has 3 aromatic rings. The molecule has 15 heavy (non-hydrogen) atoms. The Labute approximate surface area is 89.2 Å². The number of benzene rings is 3. The van der Waals surface area contributed by atoms with E-state index in [-0.39, 0.29) is 0 Å². The summed E-state index contributed by atoms with van der Waals surface area (Å²) in [5.74, 6) is 0. The van der Waals surface area contributed by atoms with Gasteiger partial charge in [0.05, 0.1) is 0 Å². The van der Waals surface area contributed by atoms with Gasteiger partial charge < -0.3 is 0 Å². The van der Waals surface area contributed by atoms with Crippen LogP contribution in [-0.4, -0.2) is 0 Å². The lowest BCUT2D eigenvalue weighted by Gasteiger charge is -2.04. The number of hydrogen-bond acceptors (Lipinski definition) is 0. The molecule has 0 aromatic heterocycles. The normalized spacial score (nSPS) is 11.0. The summed E-state index contributed by atoms with van der Waals surface area (Å²) in [4.78, 5) is 0. The van der Waals surface area contributed by atoms with E-state index in [9.17, 15) is 0 Å². The van der Waals surface area contributed by atoms with Crippen molar-refractivity contribution in [2.45, 2.75) is 0 Å². The maximum atomic E-state index is 4.06. The van der Waals surface area contributed by atoms with Crippen LogP contribution in [0.2, 0.25) is 0 Å². The van der Waals surface area contributed by atoms with E-state index in [2.05, 4.69) is 61.5 Å². The van der Waals surface area contributed by atoms with Gasteiger partial charge in [-0.3, -0.25) is 0 Å². The van der Waals surface area contributed by atoms with Crippen molar-refractivity contribution in [3.63, 3.8) is 0 Å². The lowest BCUT2D eigenvalue weighted by atomic mass is 10.0. The summed E-state index contributed by atoms with van der Waals surface area (Å²) >= 11 is 0. The van der Waals surface area contributed by atoms with Gasteiger partial charge in [-0.2, -0.15) is 0 Å². The topological polar surface area (TPSA) is 0 Å². The molecule has 0 nitrogen and oxygen atoms in total. The highest BCUT2D eigenvalue weighted by atomic mass is 14.0. The zero-order valence-corrected chi connectivity index (χ0v) is 8.40. The van der Waals surface area contributed by atoms with Crippen LogP contribution in [0.25, 0.3) is 21.5 Å². The fraction of sp³-hybridized carbons (Fsp3) is 0. The molecule has 0 aliphatic rings. The first-order valence-corrected chi connectivity index (χ1v) is 5.08. The molecular weight excluding hydrogens is 180 g/mol. The maximum absolute atomic E-state index is 4.06. The Morgan fingerprint density at radius 2 is 1.33 bits per heavy atom. The van der Waals surface area contributed by atoms with Crippen LogP contribution in [0.5, 0.6) is 0 Å². The van der Waals surface area contributed by atoms with E-state index >= 15 is 0 Å². The van der Waals surface area contributed by atoms with Gasteiger partial charge in [-0.25, -0.2) is 0 Å². The Morgan fingerprint density at radius 3 is 2.13 bits per heavy atom. The first-order chi connectivity index (χ1) is 7.34. The quantitative estimate of drug-likeness (QED) is 0.468. The molecule has 0 N–H and O–H groups in total. The van der Waals surface area contributed by atoms with Gasteiger partial charge in [0.25, 0.3) is 0 Å². The molecule has 0 heterocycles. The number of rotatable bonds is 0. The Hall–Kier alpha value is -1.82. The molecule has 0 aliphatic heterocycles. The van der Waals surface area contributed by atoms with Gasteiger partial charge >= 0.3 is 0 Å². The second kappa shape index (κ2) is 3.09. The predicted octanol–water partition coefficient (Wildman–Crippen LogP) is 4.18. The summed E-state index contributed by atoms with van der Waals surface area (Å²) in [6.45, 7) is 4.06. The van der Waals surface area contributed by atoms with Gasteiger partial charge in [0.15, 0.2) is 0 Å². The lowest BCUT2D eigenvalue weighted by Crippen LogP contribution is -1.79. The Balaban J connectivity index is 2.53. The van der Waals surface area contributed by atoms with Crippen LogP contribution in [0, 0.1) is 6.92 Å². The van der Waals surface area contributed by atoms with E-state index < -0.39 is 0 Å². The third kappa shape index (κ3) is 1.30. The summed E-state index contributed by atoms with van der Waals surface area (Å²) in [6.07, 6.45) is 0. The van der Waals surface area contributed by atoms with E-state index in [1.54, 1.807) is 0 Å². The molecule has 0 spiro atoms. The monoisotopic (exact) mass is 191 g/mol. The first-order valence-electron chi connectivity index (χ1n) is 5.08. The lowest BCUT2D eigenvalue weighted by molar-refractivity contribution is 1.69. The van der Waals surface area contributed by atoms with Crippen LogP contribution in [0.3, 0.4) is 0 Å². The minimum absolute atomic E-state index is 1.10. The van der Waals surface area contributed by atoms with Gasteiger partial charge in [-0.1, -0.05) is 42.5 Å². The SMILES string of the molecule is [CH2]c1cccc2cc3ccccc3cc12. The van der Waals surface area contributed by atoms with E-state index in [0.29, 0.717) is 0 Å². The molecule has 0 bridgehead atoms. The molecule has 71 valence electrons. The molecule has 0 heteroatoms. The second-order valence-corrected chi connectivity index (χ2v) is 3.84. The van der Waals surface area contributed by atoms with Crippen molar-refractivity contribution in [1.29, 1.82) is 0 Å². The Bertz CT molecular complexity index is 636. The fourth-order valence-corrected chi connectivity index (χ4v) is 2.03. The highest BCUT2D eigenvalue weighted by Gasteiger charge is 1.98. The average molecular weight is 191 g/mol. The van der Waals surface area contributed by atoms with E-state index in [1.165, 1.54) is 21.5 Å². The third-order valence-electron chi connectivity index (χ3n) is 2.84. The molecule has 0 atom stereocenters. The molecule has 0 unspecified atom stereocenters. The summed E-state index contributed by atoms with van der Waals surface area (Å²) in [6, 6.07) is 19.1. The van der Waals surface area contributed by atoms with Crippen LogP contribution >= 0.6 is 0 Å². The van der Waals surface area contributed by atoms with Crippen LogP contribution in [-0.2, 0) is 0 Å². The number of fused-ring (bicyclic) bond motifs is 2.